The maximum Gasteiger partial charge on any atom is 0.326 e. The van der Waals surface area contributed by atoms with Crippen molar-refractivity contribution < 1.29 is 28.8 Å². The number of amides is 2. The van der Waals surface area contributed by atoms with Crippen molar-refractivity contribution in [3.8, 4) is 0 Å². The van der Waals surface area contributed by atoms with E-state index in [0.717, 1.165) is 0 Å². The van der Waals surface area contributed by atoms with Crippen LogP contribution in [0.1, 0.15) is 13.3 Å². The third-order valence-electron chi connectivity index (χ3n) is 2.10. The lowest BCUT2D eigenvalue weighted by Crippen LogP contribution is -2.48. The van der Waals surface area contributed by atoms with Crippen molar-refractivity contribution in [1.29, 1.82) is 0 Å². The Bertz CT molecular complexity index is 359. The number of urea groups is 1. The van der Waals surface area contributed by atoms with Gasteiger partial charge in [0, 0.05) is 28.9 Å². The van der Waals surface area contributed by atoms with Gasteiger partial charge in [-0.05, 0) is 6.92 Å². The molecule has 0 aromatic rings. The number of aliphatic carboxylic acids is 2. The maximum atomic E-state index is 11.3. The van der Waals surface area contributed by atoms with E-state index in [1.54, 1.807) is 6.92 Å². The van der Waals surface area contributed by atoms with Gasteiger partial charge in [0.25, 0.3) is 0 Å². The molecular weight excluding hydrogens is 264 g/mol. The van der Waals surface area contributed by atoms with Crippen molar-refractivity contribution in [1.82, 2.24) is 10.6 Å². The van der Waals surface area contributed by atoms with Crippen LogP contribution in [0.5, 0.6) is 0 Å². The molecule has 0 aliphatic heterocycles. The van der Waals surface area contributed by atoms with E-state index >= 15 is 0 Å². The van der Waals surface area contributed by atoms with Crippen molar-refractivity contribution in [2.45, 2.75) is 24.6 Å². The Kier molecular flexibility index (Phi) is 6.94. The smallest absolute Gasteiger partial charge is 0.326 e. The maximum absolute atomic E-state index is 11.3. The summed E-state index contributed by atoms with van der Waals surface area (Å²) in [5, 5.41) is 21.2. The molecule has 0 aromatic heterocycles. The summed E-state index contributed by atoms with van der Waals surface area (Å²) in [5.74, 6) is -2.76. The second-order valence-corrected chi connectivity index (χ2v) is 5.45. The first-order valence-corrected chi connectivity index (χ1v) is 6.67. The number of hydrogen-bond donors (Lipinski definition) is 4. The van der Waals surface area contributed by atoms with Gasteiger partial charge in [0.05, 0.1) is 6.42 Å². The summed E-state index contributed by atoms with van der Waals surface area (Å²) in [5.41, 5.74) is 0. The Hall–Kier alpha value is -1.64. The van der Waals surface area contributed by atoms with Gasteiger partial charge in [0.2, 0.25) is 0 Å². The quantitative estimate of drug-likeness (QED) is 0.472. The lowest BCUT2D eigenvalue weighted by molar-refractivity contribution is -0.145. The molecule has 2 unspecified atom stereocenters. The first-order valence-electron chi connectivity index (χ1n) is 5.05. The van der Waals surface area contributed by atoms with Gasteiger partial charge < -0.3 is 20.8 Å². The van der Waals surface area contributed by atoms with Crippen LogP contribution in [0.4, 0.5) is 4.79 Å². The summed E-state index contributed by atoms with van der Waals surface area (Å²) in [4.78, 5) is 32.3. The van der Waals surface area contributed by atoms with Gasteiger partial charge >= 0.3 is 18.0 Å². The molecule has 0 radical (unpaired) electrons. The zero-order chi connectivity index (χ0) is 14.3. The Balaban J connectivity index is 4.22. The fraction of sp³-hybridized carbons (Fsp3) is 0.667. The SMILES string of the molecule is CC(CNC(=O)N[C@H](CC(=O)O)C(=O)O)S(C)=O. The van der Waals surface area contributed by atoms with E-state index in [-0.39, 0.29) is 11.8 Å². The van der Waals surface area contributed by atoms with Crippen LogP contribution in [0.2, 0.25) is 0 Å². The summed E-state index contributed by atoms with van der Waals surface area (Å²) < 4.78 is 11.0. The third kappa shape index (κ3) is 6.84. The second-order valence-electron chi connectivity index (χ2n) is 3.65. The summed E-state index contributed by atoms with van der Waals surface area (Å²) in [6.07, 6.45) is 0.771. The Labute approximate surface area is 106 Å². The number of hydrogen-bond acceptors (Lipinski definition) is 4. The van der Waals surface area contributed by atoms with E-state index in [9.17, 15) is 18.6 Å². The minimum absolute atomic E-state index is 0.106. The Morgan fingerprint density at radius 3 is 2.22 bits per heavy atom. The molecule has 0 aliphatic carbocycles. The molecule has 0 aromatic carbocycles. The van der Waals surface area contributed by atoms with E-state index in [1.807, 2.05) is 5.32 Å². The highest BCUT2D eigenvalue weighted by molar-refractivity contribution is 7.84. The zero-order valence-corrected chi connectivity index (χ0v) is 10.8. The van der Waals surface area contributed by atoms with E-state index in [1.165, 1.54) is 6.26 Å². The minimum Gasteiger partial charge on any atom is -0.481 e. The number of carboxylic acid groups (broad SMARTS) is 2. The molecule has 8 nitrogen and oxygen atoms in total. The zero-order valence-electron chi connectivity index (χ0n) is 10.0. The summed E-state index contributed by atoms with van der Waals surface area (Å²) in [7, 11) is -1.11. The van der Waals surface area contributed by atoms with Gasteiger partial charge in [0.15, 0.2) is 0 Å². The van der Waals surface area contributed by atoms with Gasteiger partial charge in [-0.25, -0.2) is 9.59 Å². The molecule has 104 valence electrons. The molecule has 0 aliphatic rings. The van der Waals surface area contributed by atoms with Crippen LogP contribution in [0, 0.1) is 0 Å². The van der Waals surface area contributed by atoms with Gasteiger partial charge in [-0.15, -0.1) is 0 Å². The van der Waals surface area contributed by atoms with Crippen LogP contribution in [0.25, 0.3) is 0 Å². The van der Waals surface area contributed by atoms with Crippen LogP contribution in [-0.2, 0) is 20.4 Å². The average Bonchev–Trinajstić information content (AvgIpc) is 2.23. The first-order chi connectivity index (χ1) is 8.23. The predicted octanol–water partition coefficient (Wildman–Crippen LogP) is -1.02. The summed E-state index contributed by atoms with van der Waals surface area (Å²) in [6, 6.07) is -2.30. The highest BCUT2D eigenvalue weighted by atomic mass is 32.2. The minimum atomic E-state index is -1.50. The van der Waals surface area contributed by atoms with Crippen molar-refractivity contribution in [3.05, 3.63) is 0 Å². The second kappa shape index (κ2) is 7.64. The first kappa shape index (κ1) is 16.4. The third-order valence-corrected chi connectivity index (χ3v) is 3.40. The predicted molar refractivity (Wildman–Crippen MR) is 63.7 cm³/mol. The Morgan fingerprint density at radius 1 is 1.28 bits per heavy atom. The van der Waals surface area contributed by atoms with E-state index in [0.29, 0.717) is 0 Å². The number of rotatable bonds is 7. The van der Waals surface area contributed by atoms with Crippen LogP contribution in [0.15, 0.2) is 0 Å². The molecule has 0 rings (SSSR count). The van der Waals surface area contributed by atoms with Crippen LogP contribution < -0.4 is 10.6 Å². The standard InChI is InChI=1S/C9H16N2O6S/c1-5(18(2)17)4-10-9(16)11-6(8(14)15)3-7(12)13/h5-6H,3-4H2,1-2H3,(H,12,13)(H,14,15)(H2,10,11,16)/t5?,6-,18?/m1/s1. The van der Waals surface area contributed by atoms with Crippen LogP contribution in [0.3, 0.4) is 0 Å². The molecular formula is C9H16N2O6S. The molecule has 3 atom stereocenters. The molecule has 0 saturated carbocycles. The number of nitrogens with one attached hydrogen (secondary N) is 2. The van der Waals surface area contributed by atoms with Gasteiger partial charge in [0.1, 0.15) is 6.04 Å². The molecule has 0 spiro atoms. The topological polar surface area (TPSA) is 133 Å². The molecule has 4 N–H and O–H groups in total. The lowest BCUT2D eigenvalue weighted by Gasteiger charge is -2.14. The van der Waals surface area contributed by atoms with Crippen molar-refractivity contribution in [2.75, 3.05) is 12.8 Å². The highest BCUT2D eigenvalue weighted by Crippen LogP contribution is 1.93. The molecule has 0 saturated heterocycles. The van der Waals surface area contributed by atoms with E-state index in [4.69, 9.17) is 10.2 Å². The van der Waals surface area contributed by atoms with Gasteiger partial charge in [-0.1, -0.05) is 0 Å². The molecule has 0 bridgehead atoms. The molecule has 0 fully saturated rings. The highest BCUT2D eigenvalue weighted by Gasteiger charge is 2.23. The average molecular weight is 280 g/mol. The van der Waals surface area contributed by atoms with Crippen molar-refractivity contribution in [2.24, 2.45) is 0 Å². The van der Waals surface area contributed by atoms with Crippen molar-refractivity contribution in [3.63, 3.8) is 0 Å². The van der Waals surface area contributed by atoms with Crippen LogP contribution in [-0.4, -0.2) is 56.5 Å². The number of carbonyl (C=O) groups excluding carboxylic acids is 1. The lowest BCUT2D eigenvalue weighted by atomic mass is 10.2. The summed E-state index contributed by atoms with van der Waals surface area (Å²) in [6.45, 7) is 1.76. The number of carbonyl (C=O) groups is 3. The van der Waals surface area contributed by atoms with Gasteiger partial charge in [-0.2, -0.15) is 0 Å². The van der Waals surface area contributed by atoms with E-state index < -0.39 is 41.2 Å². The largest absolute Gasteiger partial charge is 0.481 e. The number of carboxylic acids is 2. The molecule has 18 heavy (non-hydrogen) atoms. The normalized spacial score (nSPS) is 15.2. The van der Waals surface area contributed by atoms with Crippen LogP contribution >= 0.6 is 0 Å². The monoisotopic (exact) mass is 280 g/mol. The van der Waals surface area contributed by atoms with E-state index in [2.05, 4.69) is 5.32 Å². The van der Waals surface area contributed by atoms with Crippen molar-refractivity contribution >= 4 is 28.8 Å². The fourth-order valence-corrected chi connectivity index (χ4v) is 1.26. The summed E-state index contributed by atoms with van der Waals surface area (Å²) >= 11 is 0. The van der Waals surface area contributed by atoms with Gasteiger partial charge in [-0.3, -0.25) is 9.00 Å². The molecule has 9 heteroatoms. The molecule has 0 heterocycles. The Morgan fingerprint density at radius 2 is 1.83 bits per heavy atom. The molecule has 2 amide bonds. The fourth-order valence-electron chi connectivity index (χ4n) is 0.938.